The van der Waals surface area contributed by atoms with Crippen LogP contribution in [0.1, 0.15) is 19.3 Å². The van der Waals surface area contributed by atoms with Gasteiger partial charge in [0, 0.05) is 23.0 Å². The van der Waals surface area contributed by atoms with Gasteiger partial charge in [-0.05, 0) is 35.7 Å². The molecule has 0 saturated heterocycles. The van der Waals surface area contributed by atoms with Crippen molar-refractivity contribution in [3.8, 4) is 0 Å². The first-order chi connectivity index (χ1) is 13.7. The molecule has 0 unspecified atom stereocenters. The molecule has 5 rings (SSSR count). The maximum Gasteiger partial charge on any atom is 0.265 e. The molecule has 2 N–H and O–H groups in total. The summed E-state index contributed by atoms with van der Waals surface area (Å²) in [5.74, 6) is -0.368. The van der Waals surface area contributed by atoms with E-state index in [1.807, 2.05) is 33.5 Å². The molecule has 4 heterocycles. The van der Waals surface area contributed by atoms with Crippen LogP contribution in [0.25, 0.3) is 15.3 Å². The van der Waals surface area contributed by atoms with E-state index in [1.54, 1.807) is 41.7 Å². The number of nitrogens with zero attached hydrogens (tertiary/aromatic N) is 2. The van der Waals surface area contributed by atoms with Gasteiger partial charge in [0.05, 0.1) is 15.3 Å². The molecule has 9 heteroatoms. The number of anilines is 2. The van der Waals surface area contributed by atoms with E-state index in [0.717, 1.165) is 15.3 Å². The molecule has 0 aliphatic rings. The number of carbonyl (C=O) groups excluding carboxylic acids is 2. The predicted molar refractivity (Wildman–Crippen MR) is 115 cm³/mol. The molecule has 2 amide bonds. The number of carbonyl (C=O) groups is 2. The van der Waals surface area contributed by atoms with Gasteiger partial charge >= 0.3 is 0 Å². The van der Waals surface area contributed by atoms with Crippen LogP contribution in [0.15, 0.2) is 59.4 Å². The summed E-state index contributed by atoms with van der Waals surface area (Å²) in [7, 11) is 0. The fraction of sp³-hybridized carbons (Fsp3) is 0. The van der Waals surface area contributed by atoms with E-state index in [4.69, 9.17) is 0 Å². The van der Waals surface area contributed by atoms with E-state index < -0.39 is 0 Å². The molecule has 28 heavy (non-hydrogen) atoms. The smallest absolute Gasteiger partial charge is 0.265 e. The summed E-state index contributed by atoms with van der Waals surface area (Å²) in [6, 6.07) is 12.6. The molecule has 0 aliphatic heterocycles. The molecular weight excluding hydrogens is 412 g/mol. The lowest BCUT2D eigenvalue weighted by Crippen LogP contribution is -2.12. The second-order valence-electron chi connectivity index (χ2n) is 5.93. The van der Waals surface area contributed by atoms with Gasteiger partial charge in [-0.2, -0.15) is 0 Å². The van der Waals surface area contributed by atoms with Crippen molar-refractivity contribution in [2.45, 2.75) is 0 Å². The van der Waals surface area contributed by atoms with Crippen molar-refractivity contribution in [2.75, 3.05) is 10.6 Å². The molecule has 6 nitrogen and oxygen atoms in total. The number of fused-ring (bicyclic) bond motifs is 3. The average Bonchev–Trinajstić information content (AvgIpc) is 3.44. The first-order valence-electron chi connectivity index (χ1n) is 8.29. The molecular formula is C19H12N4O2S3. The topological polar surface area (TPSA) is 75.5 Å². The van der Waals surface area contributed by atoms with E-state index in [2.05, 4.69) is 15.6 Å². The van der Waals surface area contributed by atoms with E-state index in [0.29, 0.717) is 21.1 Å². The van der Waals surface area contributed by atoms with Crippen LogP contribution in [0.5, 0.6) is 0 Å². The number of thiophene rings is 2. The number of rotatable bonds is 4. The van der Waals surface area contributed by atoms with Gasteiger partial charge in [-0.25, -0.2) is 4.98 Å². The number of thiazole rings is 1. The zero-order valence-electron chi connectivity index (χ0n) is 14.2. The molecule has 0 aliphatic carbocycles. The van der Waals surface area contributed by atoms with Crippen molar-refractivity contribution >= 4 is 72.5 Å². The standard InChI is InChI=1S/C19H12N4O2S3/c24-16(14-5-2-7-26-14)20-11-3-1-4-12(9-11)21-17(25)15-10-13-18(28-15)22-19-23(13)6-8-27-19/h1-10H,(H,20,24)(H,21,25). The summed E-state index contributed by atoms with van der Waals surface area (Å²) >= 11 is 4.31. The number of aromatic nitrogens is 2. The van der Waals surface area contributed by atoms with Crippen LogP contribution in [-0.4, -0.2) is 21.2 Å². The Kier molecular flexibility index (Phi) is 4.19. The lowest BCUT2D eigenvalue weighted by Gasteiger charge is -2.07. The van der Waals surface area contributed by atoms with Crippen LogP contribution in [0.2, 0.25) is 0 Å². The average molecular weight is 425 g/mol. The minimum Gasteiger partial charge on any atom is -0.321 e. The van der Waals surface area contributed by atoms with Crippen molar-refractivity contribution < 1.29 is 9.59 Å². The lowest BCUT2D eigenvalue weighted by atomic mass is 10.2. The van der Waals surface area contributed by atoms with Gasteiger partial charge in [0.25, 0.3) is 11.8 Å². The Bertz CT molecular complexity index is 1310. The van der Waals surface area contributed by atoms with Gasteiger partial charge in [0.2, 0.25) is 0 Å². The van der Waals surface area contributed by atoms with Crippen LogP contribution in [-0.2, 0) is 0 Å². The minimum absolute atomic E-state index is 0.168. The normalized spacial score (nSPS) is 11.1. The van der Waals surface area contributed by atoms with Crippen molar-refractivity contribution in [3.05, 3.63) is 69.2 Å². The molecule has 0 bridgehead atoms. The molecule has 1 aromatic carbocycles. The largest absolute Gasteiger partial charge is 0.321 e. The number of nitrogens with one attached hydrogen (secondary N) is 2. The van der Waals surface area contributed by atoms with Crippen LogP contribution < -0.4 is 10.6 Å². The van der Waals surface area contributed by atoms with Gasteiger partial charge in [0.1, 0.15) is 4.83 Å². The summed E-state index contributed by atoms with van der Waals surface area (Å²) in [6.45, 7) is 0. The van der Waals surface area contributed by atoms with Crippen LogP contribution in [0, 0.1) is 0 Å². The highest BCUT2D eigenvalue weighted by molar-refractivity contribution is 7.21. The fourth-order valence-electron chi connectivity index (χ4n) is 2.83. The number of imidazole rings is 1. The van der Waals surface area contributed by atoms with E-state index in [9.17, 15) is 9.59 Å². The quantitative estimate of drug-likeness (QED) is 0.418. The highest BCUT2D eigenvalue weighted by atomic mass is 32.1. The van der Waals surface area contributed by atoms with Crippen molar-refractivity contribution in [2.24, 2.45) is 0 Å². The highest BCUT2D eigenvalue weighted by Gasteiger charge is 2.15. The second-order valence-corrected chi connectivity index (χ2v) is 8.79. The van der Waals surface area contributed by atoms with Crippen molar-refractivity contribution in [3.63, 3.8) is 0 Å². The van der Waals surface area contributed by atoms with Crippen LogP contribution in [0.3, 0.4) is 0 Å². The summed E-state index contributed by atoms with van der Waals surface area (Å²) < 4.78 is 1.98. The molecule has 0 fully saturated rings. The first-order valence-corrected chi connectivity index (χ1v) is 10.9. The number of amides is 2. The van der Waals surface area contributed by atoms with Crippen LogP contribution >= 0.6 is 34.0 Å². The Morgan fingerprint density at radius 3 is 2.43 bits per heavy atom. The number of hydrogen-bond acceptors (Lipinski definition) is 6. The van der Waals surface area contributed by atoms with Crippen molar-refractivity contribution in [1.29, 1.82) is 0 Å². The predicted octanol–water partition coefficient (Wildman–Crippen LogP) is 5.18. The highest BCUT2D eigenvalue weighted by Crippen LogP contribution is 2.29. The maximum absolute atomic E-state index is 12.7. The van der Waals surface area contributed by atoms with E-state index >= 15 is 0 Å². The Morgan fingerprint density at radius 2 is 1.68 bits per heavy atom. The van der Waals surface area contributed by atoms with Gasteiger partial charge in [-0.3, -0.25) is 14.0 Å². The molecule has 4 aromatic heterocycles. The summed E-state index contributed by atoms with van der Waals surface area (Å²) in [6.07, 6.45) is 1.95. The first kappa shape index (κ1) is 17.1. The third kappa shape index (κ3) is 3.09. The second kappa shape index (κ2) is 6.86. The van der Waals surface area contributed by atoms with E-state index in [-0.39, 0.29) is 11.8 Å². The molecule has 138 valence electrons. The van der Waals surface area contributed by atoms with Crippen molar-refractivity contribution in [1.82, 2.24) is 9.38 Å². The van der Waals surface area contributed by atoms with Gasteiger partial charge in [0.15, 0.2) is 4.96 Å². The zero-order chi connectivity index (χ0) is 19.1. The molecule has 0 saturated carbocycles. The molecule has 5 aromatic rings. The van der Waals surface area contributed by atoms with Crippen LogP contribution in [0.4, 0.5) is 11.4 Å². The van der Waals surface area contributed by atoms with E-state index in [1.165, 1.54) is 22.7 Å². The SMILES string of the molecule is O=C(Nc1cccc(NC(=O)c2cc3c(nc4sccn43)s2)c1)c1cccs1. The van der Waals surface area contributed by atoms with Gasteiger partial charge < -0.3 is 10.6 Å². The monoisotopic (exact) mass is 424 g/mol. The Morgan fingerprint density at radius 1 is 0.893 bits per heavy atom. The maximum atomic E-state index is 12.7. The Labute approximate surface area is 171 Å². The third-order valence-electron chi connectivity index (χ3n) is 4.09. The number of hydrogen-bond donors (Lipinski definition) is 2. The Balaban J connectivity index is 1.34. The molecule has 0 spiro atoms. The zero-order valence-corrected chi connectivity index (χ0v) is 16.7. The number of benzene rings is 1. The molecule has 0 radical (unpaired) electrons. The fourth-order valence-corrected chi connectivity index (χ4v) is 5.14. The Hall–Kier alpha value is -3.01. The summed E-state index contributed by atoms with van der Waals surface area (Å²) in [5.41, 5.74) is 2.17. The summed E-state index contributed by atoms with van der Waals surface area (Å²) in [5, 5.41) is 9.55. The van der Waals surface area contributed by atoms with Gasteiger partial charge in [-0.15, -0.1) is 34.0 Å². The third-order valence-corrected chi connectivity index (χ3v) is 6.73. The lowest BCUT2D eigenvalue weighted by molar-refractivity contribution is 0.102. The van der Waals surface area contributed by atoms with Gasteiger partial charge in [-0.1, -0.05) is 12.1 Å². The molecule has 0 atom stereocenters. The minimum atomic E-state index is -0.200. The summed E-state index contributed by atoms with van der Waals surface area (Å²) in [4.78, 5) is 32.4.